The maximum atomic E-state index is 5.62. The lowest BCUT2D eigenvalue weighted by Gasteiger charge is -2.14. The summed E-state index contributed by atoms with van der Waals surface area (Å²) in [6.45, 7) is 2.57. The van der Waals surface area contributed by atoms with Gasteiger partial charge in [0, 0.05) is 20.1 Å². The topological polar surface area (TPSA) is 36.9 Å². The molecule has 0 spiro atoms. The van der Waals surface area contributed by atoms with Crippen molar-refractivity contribution in [1.82, 2.24) is 0 Å². The summed E-state index contributed by atoms with van der Waals surface area (Å²) in [7, 11) is 0. The lowest BCUT2D eigenvalue weighted by molar-refractivity contribution is -0.0443. The van der Waals surface area contributed by atoms with Crippen LogP contribution in [-0.4, -0.2) is 26.4 Å². The van der Waals surface area contributed by atoms with Gasteiger partial charge in [-0.05, 0) is 41.8 Å². The molecule has 0 aliphatic carbocycles. The van der Waals surface area contributed by atoms with Gasteiger partial charge >= 0.3 is 0 Å². The van der Waals surface area contributed by atoms with Crippen molar-refractivity contribution in [3.8, 4) is 0 Å². The molecule has 0 radical (unpaired) electrons. The summed E-state index contributed by atoms with van der Waals surface area (Å²) in [6.07, 6.45) is 0.266. The first kappa shape index (κ1) is 17.6. The molecule has 0 atom stereocenters. The van der Waals surface area contributed by atoms with Gasteiger partial charge in [0.2, 0.25) is 0 Å². The zero-order valence-corrected chi connectivity index (χ0v) is 16.7. The number of hydrogen-bond donors (Lipinski definition) is 0. The van der Waals surface area contributed by atoms with E-state index < -0.39 is 0 Å². The number of benzene rings is 2. The summed E-state index contributed by atoms with van der Waals surface area (Å²) >= 11 is 7.19. The smallest absolute Gasteiger partial charge is 0.184 e. The van der Waals surface area contributed by atoms with Crippen LogP contribution in [0.25, 0.3) is 0 Å². The van der Waals surface area contributed by atoms with Crippen LogP contribution in [0.15, 0.2) is 45.3 Å². The zero-order valence-electron chi connectivity index (χ0n) is 13.5. The maximum absolute atomic E-state index is 5.62. The summed E-state index contributed by atoms with van der Waals surface area (Å²) in [5.74, 6) is 0. The largest absolute Gasteiger partial charge is 0.346 e. The molecule has 25 heavy (non-hydrogen) atoms. The van der Waals surface area contributed by atoms with Gasteiger partial charge in [-0.1, -0.05) is 44.0 Å². The van der Waals surface area contributed by atoms with Gasteiger partial charge in [0.25, 0.3) is 0 Å². The molecule has 0 unspecified atom stereocenters. The van der Waals surface area contributed by atoms with Crippen molar-refractivity contribution in [2.45, 2.75) is 19.0 Å². The maximum Gasteiger partial charge on any atom is 0.184 e. The molecule has 0 bridgehead atoms. The van der Waals surface area contributed by atoms with Crippen LogP contribution in [0.2, 0.25) is 0 Å². The third kappa shape index (κ3) is 4.32. The third-order valence-electron chi connectivity index (χ3n) is 4.16. The minimum absolute atomic E-state index is 0.269. The average molecular weight is 470 g/mol. The Balaban J connectivity index is 1.59. The van der Waals surface area contributed by atoms with Crippen LogP contribution in [0.1, 0.15) is 34.8 Å². The lowest BCUT2D eigenvalue weighted by Crippen LogP contribution is -2.01. The number of ether oxygens (including phenoxy) is 4. The molecule has 2 aromatic carbocycles. The first-order valence-electron chi connectivity index (χ1n) is 8.22. The minimum atomic E-state index is -0.269. The second-order valence-corrected chi connectivity index (χ2v) is 7.94. The van der Waals surface area contributed by atoms with Crippen LogP contribution in [0.3, 0.4) is 0 Å². The fourth-order valence-corrected chi connectivity index (χ4v) is 4.28. The molecule has 2 aromatic rings. The second-order valence-electron chi connectivity index (χ2n) is 6.11. The van der Waals surface area contributed by atoms with E-state index in [2.05, 4.69) is 56.1 Å². The van der Waals surface area contributed by atoms with E-state index in [1.165, 1.54) is 11.1 Å². The molecule has 2 saturated heterocycles. The van der Waals surface area contributed by atoms with Gasteiger partial charge in [0.15, 0.2) is 12.6 Å². The molecule has 0 amide bonds. The standard InChI is InChI=1S/C19H18Br2O4/c20-16-8-12(6-14(10-16)18-22-1-2-23-18)5-13-7-15(11-17(21)9-13)19-24-3-4-25-19/h6-11,18-19H,1-5H2. The Kier molecular flexibility index (Phi) is 5.55. The normalized spacial score (nSPS) is 19.0. The van der Waals surface area contributed by atoms with E-state index in [-0.39, 0.29) is 12.6 Å². The van der Waals surface area contributed by atoms with Crippen LogP contribution < -0.4 is 0 Å². The molecule has 132 valence electrons. The van der Waals surface area contributed by atoms with Crippen LogP contribution in [-0.2, 0) is 25.4 Å². The van der Waals surface area contributed by atoms with E-state index in [4.69, 9.17) is 18.9 Å². The molecule has 0 N–H and O–H groups in total. The first-order valence-corrected chi connectivity index (χ1v) is 9.81. The molecule has 2 fully saturated rings. The Labute approximate surface area is 163 Å². The van der Waals surface area contributed by atoms with E-state index in [0.717, 1.165) is 26.5 Å². The van der Waals surface area contributed by atoms with Crippen molar-refractivity contribution < 1.29 is 18.9 Å². The predicted octanol–water partition coefficient (Wildman–Crippen LogP) is 4.89. The van der Waals surface area contributed by atoms with Crippen molar-refractivity contribution in [3.63, 3.8) is 0 Å². The summed E-state index contributed by atoms with van der Waals surface area (Å²) in [5, 5.41) is 0. The van der Waals surface area contributed by atoms with Crippen molar-refractivity contribution in [2.75, 3.05) is 26.4 Å². The second kappa shape index (κ2) is 7.86. The summed E-state index contributed by atoms with van der Waals surface area (Å²) in [4.78, 5) is 0. The SMILES string of the molecule is Brc1cc(Cc2cc(Br)cc(C3OCCO3)c2)cc(C2OCCO2)c1. The fraction of sp³-hybridized carbons (Fsp3) is 0.368. The summed E-state index contributed by atoms with van der Waals surface area (Å²) < 4.78 is 24.5. The highest BCUT2D eigenvalue weighted by Crippen LogP contribution is 2.30. The van der Waals surface area contributed by atoms with E-state index >= 15 is 0 Å². The van der Waals surface area contributed by atoms with Crippen LogP contribution in [0.4, 0.5) is 0 Å². The monoisotopic (exact) mass is 468 g/mol. The lowest BCUT2D eigenvalue weighted by atomic mass is 10.0. The van der Waals surface area contributed by atoms with E-state index in [1.807, 2.05) is 12.1 Å². The van der Waals surface area contributed by atoms with Gasteiger partial charge in [-0.15, -0.1) is 0 Å². The molecule has 0 aromatic heterocycles. The van der Waals surface area contributed by atoms with Crippen LogP contribution >= 0.6 is 31.9 Å². The van der Waals surface area contributed by atoms with E-state index in [0.29, 0.717) is 26.4 Å². The highest BCUT2D eigenvalue weighted by molar-refractivity contribution is 9.10. The molecule has 0 saturated carbocycles. The molecule has 2 heterocycles. The molecular weight excluding hydrogens is 452 g/mol. The van der Waals surface area contributed by atoms with Crippen molar-refractivity contribution in [3.05, 3.63) is 67.6 Å². The average Bonchev–Trinajstić information content (AvgIpc) is 3.28. The van der Waals surface area contributed by atoms with Gasteiger partial charge in [-0.2, -0.15) is 0 Å². The first-order chi connectivity index (χ1) is 12.2. The fourth-order valence-electron chi connectivity index (χ4n) is 3.16. The highest BCUT2D eigenvalue weighted by atomic mass is 79.9. The molecule has 2 aliphatic heterocycles. The third-order valence-corrected chi connectivity index (χ3v) is 5.07. The van der Waals surface area contributed by atoms with Crippen LogP contribution in [0, 0.1) is 0 Å². The molecular formula is C19H18Br2O4. The number of rotatable bonds is 4. The Morgan fingerprint density at radius 3 is 1.44 bits per heavy atom. The van der Waals surface area contributed by atoms with Gasteiger partial charge in [0.05, 0.1) is 26.4 Å². The van der Waals surface area contributed by atoms with Gasteiger partial charge in [-0.3, -0.25) is 0 Å². The molecule has 4 nitrogen and oxygen atoms in total. The van der Waals surface area contributed by atoms with Crippen molar-refractivity contribution in [2.24, 2.45) is 0 Å². The van der Waals surface area contributed by atoms with Gasteiger partial charge in [-0.25, -0.2) is 0 Å². The van der Waals surface area contributed by atoms with Crippen molar-refractivity contribution in [1.29, 1.82) is 0 Å². The van der Waals surface area contributed by atoms with Crippen LogP contribution in [0.5, 0.6) is 0 Å². The Morgan fingerprint density at radius 2 is 1.04 bits per heavy atom. The summed E-state index contributed by atoms with van der Waals surface area (Å²) in [5.41, 5.74) is 4.47. The number of hydrogen-bond acceptors (Lipinski definition) is 4. The highest BCUT2D eigenvalue weighted by Gasteiger charge is 2.21. The predicted molar refractivity (Wildman–Crippen MR) is 100 cm³/mol. The van der Waals surface area contributed by atoms with E-state index in [9.17, 15) is 0 Å². The zero-order chi connectivity index (χ0) is 17.2. The molecule has 6 heteroatoms. The minimum Gasteiger partial charge on any atom is -0.346 e. The van der Waals surface area contributed by atoms with Gasteiger partial charge < -0.3 is 18.9 Å². The Bertz CT molecular complexity index is 690. The van der Waals surface area contributed by atoms with Gasteiger partial charge in [0.1, 0.15) is 0 Å². The van der Waals surface area contributed by atoms with Crippen molar-refractivity contribution >= 4 is 31.9 Å². The Morgan fingerprint density at radius 1 is 0.640 bits per heavy atom. The quantitative estimate of drug-likeness (QED) is 0.638. The van der Waals surface area contributed by atoms with E-state index in [1.54, 1.807) is 0 Å². The Hall–Kier alpha value is -0.760. The number of halogens is 2. The summed E-state index contributed by atoms with van der Waals surface area (Å²) in [6, 6.07) is 12.6. The molecule has 4 rings (SSSR count). The molecule has 2 aliphatic rings.